The van der Waals surface area contributed by atoms with E-state index in [0.29, 0.717) is 0 Å². The largest absolute Gasteiger partial charge is 0.457 e. The van der Waals surface area contributed by atoms with Crippen molar-refractivity contribution in [2.75, 3.05) is 0 Å². The molecule has 0 saturated heterocycles. The van der Waals surface area contributed by atoms with Crippen molar-refractivity contribution < 1.29 is 4.74 Å². The number of hydrogen-bond donors (Lipinski definition) is 0. The molecule has 2 aromatic carbocycles. The molecule has 0 radical (unpaired) electrons. The molecule has 0 aliphatic heterocycles. The molecule has 0 aliphatic carbocycles. The Balaban J connectivity index is 2.20. The Hall–Kier alpha value is -1.28. The second-order valence-electron chi connectivity index (χ2n) is 3.83. The van der Waals surface area contributed by atoms with Gasteiger partial charge in [0.05, 0.1) is 0 Å². The summed E-state index contributed by atoms with van der Waals surface area (Å²) in [4.78, 5) is 0. The number of benzene rings is 2. The summed E-state index contributed by atoms with van der Waals surface area (Å²) >= 11 is 3.49. The minimum atomic E-state index is 0.848. The Labute approximate surface area is 104 Å². The highest BCUT2D eigenvalue weighted by molar-refractivity contribution is 9.10. The lowest BCUT2D eigenvalue weighted by molar-refractivity contribution is 0.482. The maximum Gasteiger partial charge on any atom is 0.128 e. The van der Waals surface area contributed by atoms with Gasteiger partial charge in [0.15, 0.2) is 0 Å². The van der Waals surface area contributed by atoms with Crippen LogP contribution in [0.1, 0.15) is 11.1 Å². The molecule has 0 heterocycles. The molecule has 0 saturated carbocycles. The highest BCUT2D eigenvalue weighted by atomic mass is 79.9. The van der Waals surface area contributed by atoms with Crippen molar-refractivity contribution in [1.29, 1.82) is 0 Å². The highest BCUT2D eigenvalue weighted by Crippen LogP contribution is 2.26. The number of hydrogen-bond acceptors (Lipinski definition) is 1. The van der Waals surface area contributed by atoms with E-state index in [1.807, 2.05) is 42.5 Å². The molecule has 0 N–H and O–H groups in total. The Kier molecular flexibility index (Phi) is 3.30. The van der Waals surface area contributed by atoms with Crippen molar-refractivity contribution in [2.24, 2.45) is 0 Å². The Morgan fingerprint density at radius 2 is 1.50 bits per heavy atom. The van der Waals surface area contributed by atoms with E-state index >= 15 is 0 Å². The molecule has 2 aromatic rings. The molecule has 0 aliphatic rings. The van der Waals surface area contributed by atoms with Crippen molar-refractivity contribution in [3.8, 4) is 11.5 Å². The molecular formula is C14H13BrO. The van der Waals surface area contributed by atoms with Crippen LogP contribution in [0.15, 0.2) is 46.9 Å². The Morgan fingerprint density at radius 3 is 2.12 bits per heavy atom. The fourth-order valence-corrected chi connectivity index (χ4v) is 1.74. The molecule has 2 heteroatoms. The zero-order valence-corrected chi connectivity index (χ0v) is 10.9. The lowest BCUT2D eigenvalue weighted by Crippen LogP contribution is -1.85. The molecule has 0 bridgehead atoms. The van der Waals surface area contributed by atoms with Gasteiger partial charge in [-0.1, -0.05) is 39.7 Å². The summed E-state index contributed by atoms with van der Waals surface area (Å²) in [6.45, 7) is 4.12. The van der Waals surface area contributed by atoms with Gasteiger partial charge in [-0.05, 0) is 43.7 Å². The van der Waals surface area contributed by atoms with Crippen molar-refractivity contribution >= 4 is 15.9 Å². The van der Waals surface area contributed by atoms with E-state index in [9.17, 15) is 0 Å². The third-order valence-electron chi connectivity index (χ3n) is 2.40. The van der Waals surface area contributed by atoms with Gasteiger partial charge in [-0.15, -0.1) is 0 Å². The molecule has 0 aromatic heterocycles. The lowest BCUT2D eigenvalue weighted by atomic mass is 10.2. The maximum absolute atomic E-state index is 5.74. The first-order valence-electron chi connectivity index (χ1n) is 5.16. The normalized spacial score (nSPS) is 10.2. The van der Waals surface area contributed by atoms with Crippen molar-refractivity contribution in [2.45, 2.75) is 13.8 Å². The monoisotopic (exact) mass is 276 g/mol. The molecule has 0 atom stereocenters. The van der Waals surface area contributed by atoms with Gasteiger partial charge in [0, 0.05) is 4.47 Å². The smallest absolute Gasteiger partial charge is 0.128 e. The zero-order valence-electron chi connectivity index (χ0n) is 9.33. The van der Waals surface area contributed by atoms with Gasteiger partial charge in [0.2, 0.25) is 0 Å². The summed E-state index contributed by atoms with van der Waals surface area (Å²) in [5, 5.41) is 0. The second kappa shape index (κ2) is 4.71. The van der Waals surface area contributed by atoms with Crippen LogP contribution in [0, 0.1) is 13.8 Å². The van der Waals surface area contributed by atoms with Crippen LogP contribution in [0.25, 0.3) is 0 Å². The third-order valence-corrected chi connectivity index (χ3v) is 3.25. The molecule has 2 rings (SSSR count). The number of ether oxygens (including phenoxy) is 1. The van der Waals surface area contributed by atoms with Gasteiger partial charge in [0.1, 0.15) is 11.5 Å². The van der Waals surface area contributed by atoms with Gasteiger partial charge in [-0.25, -0.2) is 0 Å². The fraction of sp³-hybridized carbons (Fsp3) is 0.143. The first-order valence-corrected chi connectivity index (χ1v) is 5.95. The minimum absolute atomic E-state index is 0.848. The summed E-state index contributed by atoms with van der Waals surface area (Å²) in [6, 6.07) is 14.0. The van der Waals surface area contributed by atoms with Gasteiger partial charge in [0.25, 0.3) is 0 Å². The highest BCUT2D eigenvalue weighted by Gasteiger charge is 1.99. The molecular weight excluding hydrogens is 264 g/mol. The van der Waals surface area contributed by atoms with E-state index in [2.05, 4.69) is 29.8 Å². The summed E-state index contributed by atoms with van der Waals surface area (Å²) in [6.07, 6.45) is 0. The van der Waals surface area contributed by atoms with Gasteiger partial charge < -0.3 is 4.74 Å². The lowest BCUT2D eigenvalue weighted by Gasteiger charge is -2.07. The minimum Gasteiger partial charge on any atom is -0.457 e. The third kappa shape index (κ3) is 2.64. The number of aryl methyl sites for hydroxylation is 2. The first kappa shape index (κ1) is 11.2. The Morgan fingerprint density at radius 1 is 0.875 bits per heavy atom. The van der Waals surface area contributed by atoms with Crippen LogP contribution in [0.3, 0.4) is 0 Å². The van der Waals surface area contributed by atoms with Gasteiger partial charge in [-0.3, -0.25) is 0 Å². The molecule has 0 unspecified atom stereocenters. The first-order chi connectivity index (χ1) is 7.65. The van der Waals surface area contributed by atoms with Crippen LogP contribution < -0.4 is 4.74 Å². The second-order valence-corrected chi connectivity index (χ2v) is 4.68. The molecule has 0 fully saturated rings. The maximum atomic E-state index is 5.74. The van der Waals surface area contributed by atoms with E-state index < -0.39 is 0 Å². The SMILES string of the molecule is Cc1ccc(Oc2ccc(C)c(Br)c2)cc1. The van der Waals surface area contributed by atoms with E-state index in [-0.39, 0.29) is 0 Å². The Bertz CT molecular complexity index is 489. The predicted molar refractivity (Wildman–Crippen MR) is 70.1 cm³/mol. The average molecular weight is 277 g/mol. The molecule has 1 nitrogen and oxygen atoms in total. The standard InChI is InChI=1S/C14H13BrO/c1-10-3-6-12(7-4-10)16-13-8-5-11(2)14(15)9-13/h3-9H,1-2H3. The average Bonchev–Trinajstić information content (AvgIpc) is 2.27. The van der Waals surface area contributed by atoms with Crippen molar-refractivity contribution in [1.82, 2.24) is 0 Å². The van der Waals surface area contributed by atoms with E-state index in [0.717, 1.165) is 16.0 Å². The molecule has 82 valence electrons. The topological polar surface area (TPSA) is 9.23 Å². The van der Waals surface area contributed by atoms with Crippen LogP contribution in [0.4, 0.5) is 0 Å². The summed E-state index contributed by atoms with van der Waals surface area (Å²) in [7, 11) is 0. The molecule has 16 heavy (non-hydrogen) atoms. The predicted octanol–water partition coefficient (Wildman–Crippen LogP) is 4.86. The van der Waals surface area contributed by atoms with E-state index in [1.165, 1.54) is 11.1 Å². The van der Waals surface area contributed by atoms with Crippen molar-refractivity contribution in [3.05, 3.63) is 58.1 Å². The fourth-order valence-electron chi connectivity index (χ4n) is 1.38. The number of halogens is 1. The summed E-state index contributed by atoms with van der Waals surface area (Å²) in [5.74, 6) is 1.71. The molecule has 0 amide bonds. The summed E-state index contributed by atoms with van der Waals surface area (Å²) < 4.78 is 6.81. The summed E-state index contributed by atoms with van der Waals surface area (Å²) in [5.41, 5.74) is 2.44. The zero-order chi connectivity index (χ0) is 11.5. The van der Waals surface area contributed by atoms with Crippen molar-refractivity contribution in [3.63, 3.8) is 0 Å². The van der Waals surface area contributed by atoms with Crippen LogP contribution in [0.5, 0.6) is 11.5 Å². The van der Waals surface area contributed by atoms with Gasteiger partial charge >= 0.3 is 0 Å². The quantitative estimate of drug-likeness (QED) is 0.761. The van der Waals surface area contributed by atoms with E-state index in [1.54, 1.807) is 0 Å². The molecule has 0 spiro atoms. The van der Waals surface area contributed by atoms with E-state index in [4.69, 9.17) is 4.74 Å². The van der Waals surface area contributed by atoms with Gasteiger partial charge in [-0.2, -0.15) is 0 Å². The van der Waals surface area contributed by atoms with Crippen LogP contribution in [0.2, 0.25) is 0 Å². The van der Waals surface area contributed by atoms with Crippen LogP contribution in [-0.2, 0) is 0 Å². The van der Waals surface area contributed by atoms with Crippen LogP contribution in [-0.4, -0.2) is 0 Å². The number of rotatable bonds is 2. The van der Waals surface area contributed by atoms with Crippen LogP contribution >= 0.6 is 15.9 Å².